The van der Waals surface area contributed by atoms with Crippen molar-refractivity contribution in [2.75, 3.05) is 0 Å². The zero-order chi connectivity index (χ0) is 6.97. The average molecular weight is 169 g/mol. The van der Waals surface area contributed by atoms with Crippen molar-refractivity contribution in [2.24, 2.45) is 0 Å². The Kier molecular flexibility index (Phi) is 1.28. The summed E-state index contributed by atoms with van der Waals surface area (Å²) in [5, 5.41) is 0. The number of pyridine rings is 1. The molecule has 2 aromatic heterocycles. The van der Waals surface area contributed by atoms with E-state index in [0.717, 1.165) is 9.47 Å². The molecule has 0 saturated heterocycles. The number of hydrogen-bond donors (Lipinski definition) is 1. The summed E-state index contributed by atoms with van der Waals surface area (Å²) in [5.41, 5.74) is 1.11. The molecule has 0 atom stereocenters. The van der Waals surface area contributed by atoms with Crippen molar-refractivity contribution in [1.29, 1.82) is 0 Å². The summed E-state index contributed by atoms with van der Waals surface area (Å²) < 4.78 is 2.00. The Morgan fingerprint density at radius 3 is 3.30 bits per heavy atom. The minimum Gasteiger partial charge on any atom is -0.337 e. The van der Waals surface area contributed by atoms with Crippen LogP contribution >= 0.6 is 23.6 Å². The number of nitrogens with one attached hydrogen (secondary N) is 2. The fraction of sp³-hybridized carbons (Fsp3) is 0. The van der Waals surface area contributed by atoms with Crippen LogP contribution in [0.25, 0.3) is 10.2 Å². The summed E-state index contributed by atoms with van der Waals surface area (Å²) in [6, 6.07) is 1.97. The standard InChI is InChI=1S/C6H4N2S2/c9-6-8-4-1-2-7-3-5(4)10-6/h1-3H,(H,8,9)/p+1. The summed E-state index contributed by atoms with van der Waals surface area (Å²) in [7, 11) is 0. The Morgan fingerprint density at radius 1 is 1.60 bits per heavy atom. The summed E-state index contributed by atoms with van der Waals surface area (Å²) >= 11 is 6.54. The monoisotopic (exact) mass is 169 g/mol. The minimum absolute atomic E-state index is 0.828. The topological polar surface area (TPSA) is 29.9 Å². The molecule has 10 heavy (non-hydrogen) atoms. The molecule has 0 radical (unpaired) electrons. The highest BCUT2D eigenvalue weighted by atomic mass is 32.1. The predicted octanol–water partition coefficient (Wildman–Crippen LogP) is 1.77. The quantitative estimate of drug-likeness (QED) is 0.598. The second kappa shape index (κ2) is 2.14. The van der Waals surface area contributed by atoms with Gasteiger partial charge in [-0.2, -0.15) is 0 Å². The maximum absolute atomic E-state index is 4.96. The van der Waals surface area contributed by atoms with Gasteiger partial charge in [0.05, 0.1) is 5.52 Å². The van der Waals surface area contributed by atoms with Crippen LogP contribution in [0.15, 0.2) is 18.5 Å². The molecule has 2 heterocycles. The van der Waals surface area contributed by atoms with Crippen LogP contribution in [0.4, 0.5) is 0 Å². The van der Waals surface area contributed by atoms with Crippen LogP contribution in [0.1, 0.15) is 0 Å². The summed E-state index contributed by atoms with van der Waals surface area (Å²) in [5.74, 6) is 0. The first-order chi connectivity index (χ1) is 4.86. The molecule has 4 heteroatoms. The molecule has 2 nitrogen and oxygen atoms in total. The van der Waals surface area contributed by atoms with Crippen molar-refractivity contribution >= 4 is 33.8 Å². The van der Waals surface area contributed by atoms with Crippen molar-refractivity contribution in [3.63, 3.8) is 0 Å². The van der Waals surface area contributed by atoms with E-state index in [0.29, 0.717) is 0 Å². The summed E-state index contributed by atoms with van der Waals surface area (Å²) in [6.45, 7) is 0. The van der Waals surface area contributed by atoms with E-state index in [2.05, 4.69) is 9.97 Å². The number of H-pyrrole nitrogens is 2. The highest BCUT2D eigenvalue weighted by Crippen LogP contribution is 2.15. The van der Waals surface area contributed by atoms with Crippen LogP contribution in [-0.2, 0) is 0 Å². The molecule has 0 fully saturated rings. The molecule has 50 valence electrons. The first-order valence-electron chi connectivity index (χ1n) is 2.85. The molecule has 0 unspecified atom stereocenters. The zero-order valence-electron chi connectivity index (χ0n) is 5.05. The lowest BCUT2D eigenvalue weighted by molar-refractivity contribution is -0.375. The van der Waals surface area contributed by atoms with Crippen molar-refractivity contribution in [3.05, 3.63) is 22.4 Å². The SMILES string of the molecule is S=c1[nH]c2cc[nH+]cc2s1. The fourth-order valence-electron chi connectivity index (χ4n) is 0.838. The minimum atomic E-state index is 0.828. The fourth-order valence-corrected chi connectivity index (χ4v) is 1.93. The van der Waals surface area contributed by atoms with Crippen molar-refractivity contribution < 1.29 is 4.98 Å². The van der Waals surface area contributed by atoms with Gasteiger partial charge < -0.3 is 4.98 Å². The van der Waals surface area contributed by atoms with Gasteiger partial charge in [0.2, 0.25) is 0 Å². The molecule has 0 bridgehead atoms. The Balaban J connectivity index is 3.01. The van der Waals surface area contributed by atoms with Gasteiger partial charge in [-0.15, -0.1) is 0 Å². The molecule has 2 aromatic rings. The highest BCUT2D eigenvalue weighted by molar-refractivity contribution is 7.73. The first-order valence-corrected chi connectivity index (χ1v) is 4.08. The molecule has 0 aromatic carbocycles. The number of fused-ring (bicyclic) bond motifs is 1. The van der Waals surface area contributed by atoms with Gasteiger partial charge in [-0.3, -0.25) is 0 Å². The van der Waals surface area contributed by atoms with E-state index in [-0.39, 0.29) is 0 Å². The average Bonchev–Trinajstić information content (AvgIpc) is 2.27. The van der Waals surface area contributed by atoms with Crippen LogP contribution in [0.5, 0.6) is 0 Å². The van der Waals surface area contributed by atoms with Gasteiger partial charge in [-0.1, -0.05) is 11.3 Å². The molecular formula is C6H5N2S2+. The van der Waals surface area contributed by atoms with Crippen LogP contribution in [-0.4, -0.2) is 4.98 Å². The van der Waals surface area contributed by atoms with Gasteiger partial charge in [0.1, 0.15) is 4.70 Å². The summed E-state index contributed by atoms with van der Waals surface area (Å²) in [6.07, 6.45) is 3.81. The Bertz CT molecular complexity index is 365. The molecule has 0 saturated carbocycles. The second-order valence-corrected chi connectivity index (χ2v) is 3.66. The van der Waals surface area contributed by atoms with E-state index in [4.69, 9.17) is 12.2 Å². The van der Waals surface area contributed by atoms with E-state index in [1.54, 1.807) is 11.3 Å². The number of rotatable bonds is 0. The zero-order valence-corrected chi connectivity index (χ0v) is 6.68. The highest BCUT2D eigenvalue weighted by Gasteiger charge is 1.96. The van der Waals surface area contributed by atoms with Gasteiger partial charge in [0, 0.05) is 6.07 Å². The van der Waals surface area contributed by atoms with E-state index < -0.39 is 0 Å². The van der Waals surface area contributed by atoms with Crippen molar-refractivity contribution in [3.8, 4) is 0 Å². The Labute approximate surface area is 66.6 Å². The van der Waals surface area contributed by atoms with Gasteiger partial charge in [-0.05, 0) is 12.2 Å². The maximum Gasteiger partial charge on any atom is 0.186 e. The van der Waals surface area contributed by atoms with Crippen LogP contribution in [0.2, 0.25) is 0 Å². The normalized spacial score (nSPS) is 10.4. The maximum atomic E-state index is 4.96. The second-order valence-electron chi connectivity index (χ2n) is 1.94. The molecule has 0 spiro atoms. The van der Waals surface area contributed by atoms with Gasteiger partial charge in [-0.25, -0.2) is 4.98 Å². The number of aromatic nitrogens is 2. The van der Waals surface area contributed by atoms with E-state index in [9.17, 15) is 0 Å². The molecular weight excluding hydrogens is 164 g/mol. The molecule has 0 aliphatic carbocycles. The predicted molar refractivity (Wildman–Crippen MR) is 43.6 cm³/mol. The molecule has 0 aliphatic rings. The Morgan fingerprint density at radius 2 is 2.50 bits per heavy atom. The molecule has 0 aliphatic heterocycles. The third-order valence-corrected chi connectivity index (χ3v) is 2.46. The molecule has 0 amide bonds. The summed E-state index contributed by atoms with van der Waals surface area (Å²) in [4.78, 5) is 6.06. The third kappa shape index (κ3) is 0.853. The van der Waals surface area contributed by atoms with Crippen molar-refractivity contribution in [1.82, 2.24) is 4.98 Å². The van der Waals surface area contributed by atoms with Gasteiger partial charge >= 0.3 is 0 Å². The van der Waals surface area contributed by atoms with Gasteiger partial charge in [0.15, 0.2) is 16.3 Å². The number of thiazole rings is 1. The van der Waals surface area contributed by atoms with E-state index in [1.165, 1.54) is 4.70 Å². The largest absolute Gasteiger partial charge is 0.337 e. The lowest BCUT2D eigenvalue weighted by Crippen LogP contribution is -1.95. The van der Waals surface area contributed by atoms with Crippen LogP contribution in [0.3, 0.4) is 0 Å². The lowest BCUT2D eigenvalue weighted by Gasteiger charge is -1.76. The number of aromatic amines is 2. The van der Waals surface area contributed by atoms with E-state index in [1.807, 2.05) is 18.5 Å². The molecule has 2 rings (SSSR count). The number of hydrogen-bond acceptors (Lipinski definition) is 2. The lowest BCUT2D eigenvalue weighted by atomic mass is 10.5. The molecule has 2 N–H and O–H groups in total. The smallest absolute Gasteiger partial charge is 0.186 e. The van der Waals surface area contributed by atoms with Gasteiger partial charge in [0.25, 0.3) is 0 Å². The van der Waals surface area contributed by atoms with Crippen molar-refractivity contribution in [2.45, 2.75) is 0 Å². The van der Waals surface area contributed by atoms with E-state index >= 15 is 0 Å². The third-order valence-electron chi connectivity index (χ3n) is 1.27. The van der Waals surface area contributed by atoms with Crippen LogP contribution in [0, 0.1) is 3.95 Å². The first kappa shape index (κ1) is 6.00. The van der Waals surface area contributed by atoms with Crippen LogP contribution < -0.4 is 4.98 Å². The Hall–Kier alpha value is -0.740.